The maximum absolute atomic E-state index is 12.7. The molecule has 0 bridgehead atoms. The average molecular weight is 383 g/mol. The molecular weight excluding hydrogens is 340 g/mol. The van der Waals surface area contributed by atoms with Crippen LogP contribution in [-0.4, -0.2) is 25.2 Å². The summed E-state index contributed by atoms with van der Waals surface area (Å²) in [5.74, 6) is -0.285. The fourth-order valence-electron chi connectivity index (χ4n) is 2.79. The lowest BCUT2D eigenvalue weighted by atomic mass is 9.93. The first-order valence-corrected chi connectivity index (χ1v) is 10.8. The normalized spacial score (nSPS) is 12.5. The molecule has 4 nitrogen and oxygen atoms in total. The number of rotatable bonds is 14. The van der Waals surface area contributed by atoms with Gasteiger partial charge in [-0.2, -0.15) is 0 Å². The molecule has 27 heavy (non-hydrogen) atoms. The van der Waals surface area contributed by atoms with Gasteiger partial charge < -0.3 is 9.47 Å². The minimum atomic E-state index is -0.374. The zero-order valence-electron chi connectivity index (χ0n) is 18.7. The van der Waals surface area contributed by atoms with Crippen LogP contribution in [0.5, 0.6) is 0 Å². The fraction of sp³-hybridized carbons (Fsp3) is 0.826. The zero-order valence-corrected chi connectivity index (χ0v) is 18.7. The molecule has 0 spiro atoms. The standard InChI is InChI=1S/C23H42O4/c1-8-9-10-11-12-13-14-20(22(24)26-15-17(2)3)21(19(6)7)23(25)27-16-18(4)5/h17-19H,8-16H2,1-7H3. The second kappa shape index (κ2) is 14.7. The Bertz CT molecular complexity index is 461. The maximum Gasteiger partial charge on any atom is 0.334 e. The van der Waals surface area contributed by atoms with Crippen LogP contribution in [0.2, 0.25) is 0 Å². The van der Waals surface area contributed by atoms with Crippen molar-refractivity contribution in [2.24, 2.45) is 17.8 Å². The van der Waals surface area contributed by atoms with Crippen molar-refractivity contribution in [3.8, 4) is 0 Å². The molecule has 0 amide bonds. The van der Waals surface area contributed by atoms with Crippen molar-refractivity contribution in [2.45, 2.75) is 93.4 Å². The summed E-state index contributed by atoms with van der Waals surface area (Å²) in [5, 5.41) is 0. The highest BCUT2D eigenvalue weighted by Gasteiger charge is 2.26. The van der Waals surface area contributed by atoms with Crippen LogP contribution in [0, 0.1) is 17.8 Å². The van der Waals surface area contributed by atoms with Crippen molar-refractivity contribution in [3.05, 3.63) is 11.1 Å². The van der Waals surface area contributed by atoms with Gasteiger partial charge in [0.25, 0.3) is 0 Å². The van der Waals surface area contributed by atoms with Gasteiger partial charge >= 0.3 is 11.9 Å². The van der Waals surface area contributed by atoms with Gasteiger partial charge in [-0.3, -0.25) is 0 Å². The number of esters is 2. The number of carbonyl (C=O) groups excluding carboxylic acids is 2. The fourth-order valence-corrected chi connectivity index (χ4v) is 2.79. The van der Waals surface area contributed by atoms with Crippen molar-refractivity contribution >= 4 is 11.9 Å². The Hall–Kier alpha value is -1.32. The second-order valence-electron chi connectivity index (χ2n) is 8.55. The molecule has 0 aromatic rings. The van der Waals surface area contributed by atoms with Gasteiger partial charge in [0.2, 0.25) is 0 Å². The molecule has 4 heteroatoms. The van der Waals surface area contributed by atoms with Gasteiger partial charge in [0.1, 0.15) is 0 Å². The zero-order chi connectivity index (χ0) is 20.8. The van der Waals surface area contributed by atoms with Gasteiger partial charge in [0.15, 0.2) is 0 Å². The van der Waals surface area contributed by atoms with E-state index in [1.54, 1.807) is 0 Å². The van der Waals surface area contributed by atoms with Crippen LogP contribution < -0.4 is 0 Å². The Kier molecular flexibility index (Phi) is 14.0. The van der Waals surface area contributed by atoms with E-state index in [1.807, 2.05) is 41.5 Å². The predicted octanol–water partition coefficient (Wildman–Crippen LogP) is 6.09. The van der Waals surface area contributed by atoms with Crippen LogP contribution in [-0.2, 0) is 19.1 Å². The van der Waals surface area contributed by atoms with Crippen LogP contribution >= 0.6 is 0 Å². The molecular formula is C23H42O4. The number of hydrogen-bond acceptors (Lipinski definition) is 4. The first-order chi connectivity index (χ1) is 12.7. The Labute approximate surface area is 167 Å². The highest BCUT2D eigenvalue weighted by Crippen LogP contribution is 2.24. The molecule has 0 aliphatic rings. The van der Waals surface area contributed by atoms with Crippen LogP contribution in [0.4, 0.5) is 0 Å². The Morgan fingerprint density at radius 1 is 0.704 bits per heavy atom. The number of unbranched alkanes of at least 4 members (excludes halogenated alkanes) is 5. The van der Waals surface area contributed by atoms with Gasteiger partial charge in [-0.1, -0.05) is 80.6 Å². The second-order valence-corrected chi connectivity index (χ2v) is 8.55. The summed E-state index contributed by atoms with van der Waals surface area (Å²) in [6, 6.07) is 0. The number of ether oxygens (including phenoxy) is 2. The highest BCUT2D eigenvalue weighted by atomic mass is 16.5. The lowest BCUT2D eigenvalue weighted by Gasteiger charge is -2.18. The molecule has 158 valence electrons. The quantitative estimate of drug-likeness (QED) is 0.207. The third kappa shape index (κ3) is 11.9. The van der Waals surface area contributed by atoms with Crippen LogP contribution in [0.1, 0.15) is 93.4 Å². The lowest BCUT2D eigenvalue weighted by molar-refractivity contribution is -0.144. The molecule has 0 radical (unpaired) electrons. The van der Waals surface area contributed by atoms with Crippen LogP contribution in [0.15, 0.2) is 11.1 Å². The van der Waals surface area contributed by atoms with Gasteiger partial charge in [-0.25, -0.2) is 9.59 Å². The average Bonchev–Trinajstić information content (AvgIpc) is 2.59. The smallest absolute Gasteiger partial charge is 0.334 e. The van der Waals surface area contributed by atoms with E-state index in [0.717, 1.165) is 19.3 Å². The Balaban J connectivity index is 5.27. The van der Waals surface area contributed by atoms with E-state index < -0.39 is 0 Å². The third-order valence-corrected chi connectivity index (χ3v) is 4.24. The monoisotopic (exact) mass is 382 g/mol. The minimum Gasteiger partial charge on any atom is -0.462 e. The molecule has 0 rings (SSSR count). The molecule has 0 saturated carbocycles. The largest absolute Gasteiger partial charge is 0.462 e. The Morgan fingerprint density at radius 2 is 1.19 bits per heavy atom. The van der Waals surface area contributed by atoms with Gasteiger partial charge in [0.05, 0.1) is 18.8 Å². The van der Waals surface area contributed by atoms with Crippen molar-refractivity contribution in [2.75, 3.05) is 13.2 Å². The summed E-state index contributed by atoms with van der Waals surface area (Å²) in [6.45, 7) is 14.8. The van der Waals surface area contributed by atoms with Crippen molar-refractivity contribution < 1.29 is 19.1 Å². The first kappa shape index (κ1) is 25.7. The lowest BCUT2D eigenvalue weighted by Crippen LogP contribution is -2.22. The van der Waals surface area contributed by atoms with Crippen molar-refractivity contribution in [3.63, 3.8) is 0 Å². The van der Waals surface area contributed by atoms with Gasteiger partial charge in [0, 0.05) is 5.57 Å². The number of hydrogen-bond donors (Lipinski definition) is 0. The van der Waals surface area contributed by atoms with Crippen molar-refractivity contribution in [1.29, 1.82) is 0 Å². The summed E-state index contributed by atoms with van der Waals surface area (Å²) in [4.78, 5) is 25.4. The van der Waals surface area contributed by atoms with Crippen LogP contribution in [0.25, 0.3) is 0 Å². The maximum atomic E-state index is 12.7. The van der Waals surface area contributed by atoms with E-state index in [9.17, 15) is 9.59 Å². The topological polar surface area (TPSA) is 52.6 Å². The molecule has 0 unspecified atom stereocenters. The summed E-state index contributed by atoms with van der Waals surface area (Å²) in [6.07, 6.45) is 7.38. The van der Waals surface area contributed by atoms with E-state index in [-0.39, 0.29) is 29.7 Å². The minimum absolute atomic E-state index is 0.0775. The van der Waals surface area contributed by atoms with E-state index >= 15 is 0 Å². The van der Waals surface area contributed by atoms with Crippen LogP contribution in [0.3, 0.4) is 0 Å². The van der Waals surface area contributed by atoms with Crippen molar-refractivity contribution in [1.82, 2.24) is 0 Å². The highest BCUT2D eigenvalue weighted by molar-refractivity contribution is 6.00. The molecule has 0 atom stereocenters. The van der Waals surface area contributed by atoms with E-state index in [2.05, 4.69) is 6.92 Å². The van der Waals surface area contributed by atoms with Gasteiger partial charge in [-0.15, -0.1) is 0 Å². The molecule has 0 aliphatic carbocycles. The summed E-state index contributed by atoms with van der Waals surface area (Å²) < 4.78 is 10.9. The number of carbonyl (C=O) groups is 2. The van der Waals surface area contributed by atoms with E-state index in [1.165, 1.54) is 19.3 Å². The summed E-state index contributed by atoms with van der Waals surface area (Å²) in [7, 11) is 0. The summed E-state index contributed by atoms with van der Waals surface area (Å²) >= 11 is 0. The molecule has 0 fully saturated rings. The SMILES string of the molecule is CCCCCCCCC(C(=O)OCC(C)C)=C(C(=O)OCC(C)C)C(C)C. The molecule has 0 heterocycles. The molecule has 0 aromatic heterocycles. The Morgan fingerprint density at radius 3 is 1.67 bits per heavy atom. The van der Waals surface area contributed by atoms with Gasteiger partial charge in [-0.05, 0) is 30.6 Å². The summed E-state index contributed by atoms with van der Waals surface area (Å²) in [5.41, 5.74) is 0.993. The molecule has 0 N–H and O–H groups in total. The molecule has 0 saturated heterocycles. The predicted molar refractivity (Wildman–Crippen MR) is 111 cm³/mol. The molecule has 0 aromatic carbocycles. The van der Waals surface area contributed by atoms with E-state index in [4.69, 9.17) is 9.47 Å². The third-order valence-electron chi connectivity index (χ3n) is 4.24. The first-order valence-electron chi connectivity index (χ1n) is 10.8. The molecule has 0 aliphatic heterocycles. The van der Waals surface area contributed by atoms with E-state index in [0.29, 0.717) is 30.8 Å².